The van der Waals surface area contributed by atoms with E-state index in [2.05, 4.69) is 22.4 Å². The first kappa shape index (κ1) is 17.4. The summed E-state index contributed by atoms with van der Waals surface area (Å²) < 4.78 is 0. The number of hydrogen-bond donors (Lipinski definition) is 2. The molecule has 1 amide bonds. The Morgan fingerprint density at radius 2 is 2.00 bits per heavy atom. The summed E-state index contributed by atoms with van der Waals surface area (Å²) in [5.41, 5.74) is 7.50. The van der Waals surface area contributed by atoms with Crippen molar-refractivity contribution in [2.45, 2.75) is 31.7 Å². The molecule has 0 saturated heterocycles. The highest BCUT2D eigenvalue weighted by Gasteiger charge is 2.49. The number of benzene rings is 1. The lowest BCUT2D eigenvalue weighted by molar-refractivity contribution is -0.121. The van der Waals surface area contributed by atoms with Crippen LogP contribution in [0.2, 0.25) is 0 Å². The molecule has 0 aliphatic heterocycles. The minimum Gasteiger partial charge on any atom is -0.327 e. The van der Waals surface area contributed by atoms with Gasteiger partial charge < -0.3 is 11.1 Å². The molecule has 0 radical (unpaired) electrons. The van der Waals surface area contributed by atoms with E-state index in [0.717, 1.165) is 24.1 Å². The molecule has 0 spiro atoms. The van der Waals surface area contributed by atoms with E-state index in [1.165, 1.54) is 12.0 Å². The average Bonchev–Trinajstić information content (AvgIpc) is 3.25. The van der Waals surface area contributed by atoms with Gasteiger partial charge in [-0.15, -0.1) is 23.7 Å². The molecule has 1 aromatic carbocycles. The van der Waals surface area contributed by atoms with Crippen molar-refractivity contribution in [3.63, 3.8) is 0 Å². The maximum Gasteiger partial charge on any atom is 0.231 e. The van der Waals surface area contributed by atoms with Crippen molar-refractivity contribution < 1.29 is 4.79 Å². The summed E-state index contributed by atoms with van der Waals surface area (Å²) >= 11 is 1.55. The van der Waals surface area contributed by atoms with E-state index in [1.807, 2.05) is 24.4 Å². The molecule has 4 unspecified atom stereocenters. The molecule has 2 aliphatic rings. The number of fused-ring (bicyclic) bond motifs is 2. The first-order chi connectivity index (χ1) is 11.2. The number of anilines is 1. The molecule has 6 heteroatoms. The van der Waals surface area contributed by atoms with Crippen LogP contribution >= 0.6 is 23.7 Å². The number of nitrogens with zero attached hydrogens (tertiary/aromatic N) is 1. The van der Waals surface area contributed by atoms with Crippen molar-refractivity contribution in [1.82, 2.24) is 4.98 Å². The minimum atomic E-state index is -0.0322. The third-order valence-corrected chi connectivity index (χ3v) is 6.20. The number of aromatic nitrogens is 1. The van der Waals surface area contributed by atoms with Crippen molar-refractivity contribution in [3.05, 3.63) is 47.0 Å². The van der Waals surface area contributed by atoms with Crippen LogP contribution < -0.4 is 11.1 Å². The molecular weight excluding hydrogens is 342 g/mol. The zero-order valence-electron chi connectivity index (χ0n) is 13.4. The zero-order chi connectivity index (χ0) is 15.8. The fourth-order valence-electron chi connectivity index (χ4n) is 4.16. The second-order valence-corrected chi connectivity index (χ2v) is 7.83. The number of carbonyl (C=O) groups is 1. The highest BCUT2D eigenvalue weighted by molar-refractivity contribution is 7.15. The van der Waals surface area contributed by atoms with Gasteiger partial charge in [-0.05, 0) is 36.7 Å². The van der Waals surface area contributed by atoms with Crippen LogP contribution in [-0.4, -0.2) is 16.9 Å². The van der Waals surface area contributed by atoms with Crippen LogP contribution in [0.25, 0.3) is 0 Å². The number of thiazole rings is 1. The van der Waals surface area contributed by atoms with Gasteiger partial charge in [0.15, 0.2) is 5.13 Å². The first-order valence-electron chi connectivity index (χ1n) is 8.26. The lowest BCUT2D eigenvalue weighted by atomic mass is 9.84. The summed E-state index contributed by atoms with van der Waals surface area (Å²) in [5, 5.41) is 3.68. The van der Waals surface area contributed by atoms with Crippen molar-refractivity contribution in [3.8, 4) is 0 Å². The van der Waals surface area contributed by atoms with E-state index in [-0.39, 0.29) is 30.3 Å². The molecule has 128 valence electrons. The molecular formula is C18H22ClN3OS. The van der Waals surface area contributed by atoms with E-state index in [1.54, 1.807) is 11.3 Å². The number of rotatable bonds is 4. The lowest BCUT2D eigenvalue weighted by Crippen LogP contribution is -2.42. The van der Waals surface area contributed by atoms with Gasteiger partial charge in [0.25, 0.3) is 0 Å². The van der Waals surface area contributed by atoms with Gasteiger partial charge in [-0.3, -0.25) is 4.79 Å². The number of nitrogens with one attached hydrogen (secondary N) is 1. The van der Waals surface area contributed by atoms with Crippen LogP contribution in [0.5, 0.6) is 0 Å². The summed E-state index contributed by atoms with van der Waals surface area (Å²) in [5.74, 6) is 1.04. The topological polar surface area (TPSA) is 68.0 Å². The predicted octanol–water partition coefficient (Wildman–Crippen LogP) is 3.47. The second kappa shape index (κ2) is 7.21. The van der Waals surface area contributed by atoms with Crippen LogP contribution in [0, 0.1) is 17.8 Å². The number of halogens is 1. The molecule has 24 heavy (non-hydrogen) atoms. The first-order valence-corrected chi connectivity index (χ1v) is 9.07. The van der Waals surface area contributed by atoms with Crippen LogP contribution in [0.1, 0.15) is 29.7 Å². The number of carbonyl (C=O) groups excluding carboxylic acids is 1. The van der Waals surface area contributed by atoms with Crippen LogP contribution in [0.3, 0.4) is 0 Å². The fraction of sp³-hybridized carbons (Fsp3) is 0.444. The van der Waals surface area contributed by atoms with Gasteiger partial charge in [-0.1, -0.05) is 30.3 Å². The third kappa shape index (κ3) is 3.34. The zero-order valence-corrected chi connectivity index (χ0v) is 15.0. The van der Waals surface area contributed by atoms with Crippen molar-refractivity contribution in [1.29, 1.82) is 0 Å². The van der Waals surface area contributed by atoms with Crippen LogP contribution in [0.4, 0.5) is 5.13 Å². The molecule has 2 bridgehead atoms. The SMILES string of the molecule is Cl.NC1C2CCC(C2)C1C(=O)Nc1ncc(Cc2ccccc2)s1. The Labute approximate surface area is 152 Å². The van der Waals surface area contributed by atoms with Gasteiger partial charge >= 0.3 is 0 Å². The summed E-state index contributed by atoms with van der Waals surface area (Å²) in [6.45, 7) is 0. The summed E-state index contributed by atoms with van der Waals surface area (Å²) in [4.78, 5) is 18.1. The maximum absolute atomic E-state index is 12.6. The van der Waals surface area contributed by atoms with E-state index < -0.39 is 0 Å². The van der Waals surface area contributed by atoms with Crippen molar-refractivity contribution >= 4 is 34.8 Å². The van der Waals surface area contributed by atoms with Crippen molar-refractivity contribution in [2.75, 3.05) is 5.32 Å². The normalized spacial score (nSPS) is 27.7. The molecule has 1 heterocycles. The number of nitrogens with two attached hydrogens (primary N) is 1. The third-order valence-electron chi connectivity index (χ3n) is 5.29. The molecule has 3 N–H and O–H groups in total. The summed E-state index contributed by atoms with van der Waals surface area (Å²) in [6.07, 6.45) is 6.16. The molecule has 4 rings (SSSR count). The molecule has 2 saturated carbocycles. The fourth-order valence-corrected chi connectivity index (χ4v) is 5.01. The second-order valence-electron chi connectivity index (χ2n) is 6.72. The number of amides is 1. The average molecular weight is 364 g/mol. The number of hydrogen-bond acceptors (Lipinski definition) is 4. The molecule has 2 aliphatic carbocycles. The smallest absolute Gasteiger partial charge is 0.231 e. The van der Waals surface area contributed by atoms with Crippen molar-refractivity contribution in [2.24, 2.45) is 23.5 Å². The van der Waals surface area contributed by atoms with E-state index in [4.69, 9.17) is 5.73 Å². The Bertz CT molecular complexity index is 703. The monoisotopic (exact) mass is 363 g/mol. The van der Waals surface area contributed by atoms with Crippen LogP contribution in [-0.2, 0) is 11.2 Å². The molecule has 4 atom stereocenters. The van der Waals surface area contributed by atoms with Gasteiger partial charge in [0, 0.05) is 23.5 Å². The quantitative estimate of drug-likeness (QED) is 0.873. The Morgan fingerprint density at radius 1 is 1.25 bits per heavy atom. The van der Waals surface area contributed by atoms with E-state index in [0.29, 0.717) is 17.0 Å². The van der Waals surface area contributed by atoms with E-state index >= 15 is 0 Å². The molecule has 1 aromatic heterocycles. The summed E-state index contributed by atoms with van der Waals surface area (Å²) in [7, 11) is 0. The minimum absolute atomic E-state index is 0. The standard InChI is InChI=1S/C18H21N3OS.ClH/c19-16-13-7-6-12(9-13)15(16)17(22)21-18-20-10-14(23-18)8-11-4-2-1-3-5-11;/h1-5,10,12-13,15-16H,6-9,19H2,(H,20,21,22);1H. The van der Waals surface area contributed by atoms with Gasteiger partial charge in [-0.25, -0.2) is 4.98 Å². The van der Waals surface area contributed by atoms with Gasteiger partial charge in [0.05, 0.1) is 5.92 Å². The van der Waals surface area contributed by atoms with Crippen LogP contribution in [0.15, 0.2) is 36.5 Å². The van der Waals surface area contributed by atoms with Gasteiger partial charge in [0.1, 0.15) is 0 Å². The van der Waals surface area contributed by atoms with Gasteiger partial charge in [-0.2, -0.15) is 0 Å². The van der Waals surface area contributed by atoms with E-state index in [9.17, 15) is 4.79 Å². The molecule has 2 aromatic rings. The Kier molecular flexibility index (Phi) is 5.23. The summed E-state index contributed by atoms with van der Waals surface area (Å²) in [6, 6.07) is 10.3. The maximum atomic E-state index is 12.6. The lowest BCUT2D eigenvalue weighted by Gasteiger charge is -2.26. The molecule has 2 fully saturated rings. The Morgan fingerprint density at radius 3 is 2.71 bits per heavy atom. The highest BCUT2D eigenvalue weighted by Crippen LogP contribution is 2.48. The molecule has 4 nitrogen and oxygen atoms in total. The largest absolute Gasteiger partial charge is 0.327 e. The predicted molar refractivity (Wildman–Crippen MR) is 99.5 cm³/mol. The van der Waals surface area contributed by atoms with Gasteiger partial charge in [0.2, 0.25) is 5.91 Å². The Balaban J connectivity index is 0.00000169. The Hall–Kier alpha value is -1.43. The highest BCUT2D eigenvalue weighted by atomic mass is 35.5.